The molecule has 1 rings (SSSR count). The number of carboxylic acids is 1. The molecule has 1 aromatic rings. The van der Waals surface area contributed by atoms with Gasteiger partial charge >= 0.3 is 5.97 Å². The summed E-state index contributed by atoms with van der Waals surface area (Å²) < 4.78 is 4.60. The second-order valence-electron chi connectivity index (χ2n) is 2.46. The molecular weight excluding hydrogens is 176 g/mol. The van der Waals surface area contributed by atoms with Crippen LogP contribution >= 0.6 is 0 Å². The summed E-state index contributed by atoms with van der Waals surface area (Å²) in [6.45, 7) is 2.74. The molecule has 0 spiro atoms. The van der Waals surface area contributed by atoms with Crippen molar-refractivity contribution in [2.45, 2.75) is 13.8 Å². The van der Waals surface area contributed by atoms with Gasteiger partial charge in [0.2, 0.25) is 11.8 Å². The maximum atomic E-state index is 10.6. The van der Waals surface area contributed by atoms with Crippen LogP contribution in [0.4, 0.5) is 5.88 Å². The van der Waals surface area contributed by atoms with E-state index in [1.54, 1.807) is 0 Å². The van der Waals surface area contributed by atoms with E-state index in [0.717, 1.165) is 0 Å². The minimum Gasteiger partial charge on any atom is -0.477 e. The lowest BCUT2D eigenvalue weighted by molar-refractivity contribution is -0.114. The molecule has 70 valence electrons. The van der Waals surface area contributed by atoms with E-state index >= 15 is 0 Å². The number of amides is 1. The highest BCUT2D eigenvalue weighted by atomic mass is 16.5. The fraction of sp³-hybridized carbons (Fsp3) is 0.286. The molecule has 6 heteroatoms. The Morgan fingerprint density at radius 2 is 2.15 bits per heavy atom. The van der Waals surface area contributed by atoms with Crippen molar-refractivity contribution in [1.82, 2.24) is 5.16 Å². The molecule has 0 radical (unpaired) electrons. The zero-order valence-electron chi connectivity index (χ0n) is 7.12. The van der Waals surface area contributed by atoms with Gasteiger partial charge in [-0.3, -0.25) is 10.1 Å². The molecular formula is C7H8N2O4. The number of hydrogen-bond donors (Lipinski definition) is 2. The van der Waals surface area contributed by atoms with Crippen LogP contribution < -0.4 is 5.32 Å². The summed E-state index contributed by atoms with van der Waals surface area (Å²) >= 11 is 0. The Hall–Kier alpha value is -1.85. The Labute approximate surface area is 73.5 Å². The first-order valence-corrected chi connectivity index (χ1v) is 3.49. The van der Waals surface area contributed by atoms with E-state index in [-0.39, 0.29) is 17.1 Å². The van der Waals surface area contributed by atoms with Crippen molar-refractivity contribution in [1.29, 1.82) is 0 Å². The minimum absolute atomic E-state index is 0.116. The predicted molar refractivity (Wildman–Crippen MR) is 42.5 cm³/mol. The number of aromatic nitrogens is 1. The average molecular weight is 184 g/mol. The summed E-state index contributed by atoms with van der Waals surface area (Å²) in [4.78, 5) is 21.2. The van der Waals surface area contributed by atoms with Crippen LogP contribution in [0.15, 0.2) is 4.52 Å². The zero-order valence-corrected chi connectivity index (χ0v) is 7.12. The summed E-state index contributed by atoms with van der Waals surface area (Å²) in [5.41, 5.74) is 0.117. The summed E-state index contributed by atoms with van der Waals surface area (Å²) in [7, 11) is 0. The minimum atomic E-state index is -1.18. The monoisotopic (exact) mass is 184 g/mol. The van der Waals surface area contributed by atoms with Crippen LogP contribution in [0.2, 0.25) is 0 Å². The smallest absolute Gasteiger partial charge is 0.343 e. The molecule has 0 unspecified atom stereocenters. The van der Waals surface area contributed by atoms with Crippen LogP contribution in [0.1, 0.15) is 23.0 Å². The topological polar surface area (TPSA) is 92.4 Å². The van der Waals surface area contributed by atoms with Gasteiger partial charge in [0, 0.05) is 6.92 Å². The molecule has 0 aliphatic rings. The molecule has 0 aromatic carbocycles. The number of carbonyl (C=O) groups excluding carboxylic acids is 1. The molecule has 13 heavy (non-hydrogen) atoms. The SMILES string of the molecule is CC(=O)Nc1onc(C)c1C(=O)O. The second-order valence-corrected chi connectivity index (χ2v) is 2.46. The number of carbonyl (C=O) groups is 2. The number of aryl methyl sites for hydroxylation is 1. The molecule has 0 saturated heterocycles. The lowest BCUT2D eigenvalue weighted by atomic mass is 10.2. The number of carboxylic acid groups (broad SMARTS) is 1. The van der Waals surface area contributed by atoms with Gasteiger partial charge < -0.3 is 9.63 Å². The largest absolute Gasteiger partial charge is 0.477 e. The Kier molecular flexibility index (Phi) is 2.32. The van der Waals surface area contributed by atoms with Gasteiger partial charge in [-0.15, -0.1) is 0 Å². The number of nitrogens with one attached hydrogen (secondary N) is 1. The van der Waals surface area contributed by atoms with Crippen LogP contribution in [0.3, 0.4) is 0 Å². The third kappa shape index (κ3) is 1.84. The first kappa shape index (κ1) is 9.24. The van der Waals surface area contributed by atoms with Gasteiger partial charge in [-0.2, -0.15) is 0 Å². The first-order chi connectivity index (χ1) is 6.02. The molecule has 1 aromatic heterocycles. The third-order valence-corrected chi connectivity index (χ3v) is 1.37. The Balaban J connectivity index is 3.07. The van der Waals surface area contributed by atoms with E-state index in [1.165, 1.54) is 13.8 Å². The lowest BCUT2D eigenvalue weighted by Gasteiger charge is -1.96. The Bertz CT molecular complexity index is 355. The van der Waals surface area contributed by atoms with Gasteiger partial charge in [-0.25, -0.2) is 4.79 Å². The zero-order chi connectivity index (χ0) is 10.0. The second kappa shape index (κ2) is 3.26. The van der Waals surface area contributed by atoms with Crippen LogP contribution in [0, 0.1) is 6.92 Å². The molecule has 2 N–H and O–H groups in total. The maximum absolute atomic E-state index is 10.6. The molecule has 0 atom stereocenters. The van der Waals surface area contributed by atoms with Crippen molar-refractivity contribution in [2.24, 2.45) is 0 Å². The first-order valence-electron chi connectivity index (χ1n) is 3.49. The van der Waals surface area contributed by atoms with Crippen LogP contribution in [0.25, 0.3) is 0 Å². The summed E-state index contributed by atoms with van der Waals surface area (Å²) in [6.07, 6.45) is 0. The van der Waals surface area contributed by atoms with E-state index in [0.29, 0.717) is 0 Å². The number of rotatable bonds is 2. The lowest BCUT2D eigenvalue weighted by Crippen LogP contribution is -2.09. The fourth-order valence-electron chi connectivity index (χ4n) is 0.867. The van der Waals surface area contributed by atoms with Crippen LogP contribution in [-0.2, 0) is 4.79 Å². The molecule has 0 aliphatic carbocycles. The predicted octanol–water partition coefficient (Wildman–Crippen LogP) is 0.640. The highest BCUT2D eigenvalue weighted by Crippen LogP contribution is 2.18. The van der Waals surface area contributed by atoms with Crippen LogP contribution in [-0.4, -0.2) is 22.1 Å². The number of hydrogen-bond acceptors (Lipinski definition) is 4. The van der Waals surface area contributed by atoms with Crippen molar-refractivity contribution >= 4 is 17.8 Å². The van der Waals surface area contributed by atoms with E-state index in [2.05, 4.69) is 15.0 Å². The van der Waals surface area contributed by atoms with Crippen molar-refractivity contribution in [3.05, 3.63) is 11.3 Å². The molecule has 1 heterocycles. The third-order valence-electron chi connectivity index (χ3n) is 1.37. The van der Waals surface area contributed by atoms with Gasteiger partial charge in [0.15, 0.2) is 0 Å². The standard InChI is InChI=1S/C7H8N2O4/c1-3-5(7(11)12)6(13-9-3)8-4(2)10/h1-2H3,(H,8,10)(H,11,12). The summed E-state index contributed by atoms with van der Waals surface area (Å²) in [6, 6.07) is 0. The highest BCUT2D eigenvalue weighted by molar-refractivity contribution is 5.98. The molecule has 0 bridgehead atoms. The van der Waals surface area contributed by atoms with Gasteiger partial charge in [0.05, 0.1) is 5.69 Å². The summed E-state index contributed by atoms with van der Waals surface area (Å²) in [5.74, 6) is -1.71. The Morgan fingerprint density at radius 3 is 2.62 bits per heavy atom. The number of aromatic carboxylic acids is 1. The molecule has 0 aliphatic heterocycles. The van der Waals surface area contributed by atoms with Crippen molar-refractivity contribution in [3.63, 3.8) is 0 Å². The fourth-order valence-corrected chi connectivity index (χ4v) is 0.867. The van der Waals surface area contributed by atoms with Gasteiger partial charge in [-0.1, -0.05) is 5.16 Å². The number of anilines is 1. The van der Waals surface area contributed by atoms with Gasteiger partial charge in [0.1, 0.15) is 5.56 Å². The normalized spacial score (nSPS) is 9.69. The molecule has 0 saturated carbocycles. The van der Waals surface area contributed by atoms with E-state index < -0.39 is 11.9 Å². The quantitative estimate of drug-likeness (QED) is 0.703. The highest BCUT2D eigenvalue weighted by Gasteiger charge is 2.20. The van der Waals surface area contributed by atoms with Crippen molar-refractivity contribution in [2.75, 3.05) is 5.32 Å². The Morgan fingerprint density at radius 1 is 1.54 bits per heavy atom. The summed E-state index contributed by atoms with van der Waals surface area (Å²) in [5, 5.41) is 14.3. The van der Waals surface area contributed by atoms with Crippen LogP contribution in [0.5, 0.6) is 0 Å². The molecule has 6 nitrogen and oxygen atoms in total. The van der Waals surface area contributed by atoms with Crippen molar-refractivity contribution in [3.8, 4) is 0 Å². The average Bonchev–Trinajstić information content (AvgIpc) is 2.30. The number of nitrogens with zero attached hydrogens (tertiary/aromatic N) is 1. The van der Waals surface area contributed by atoms with E-state index in [1.807, 2.05) is 0 Å². The van der Waals surface area contributed by atoms with E-state index in [9.17, 15) is 9.59 Å². The van der Waals surface area contributed by atoms with Gasteiger partial charge in [0.25, 0.3) is 0 Å². The maximum Gasteiger partial charge on any atom is 0.343 e. The van der Waals surface area contributed by atoms with E-state index in [4.69, 9.17) is 5.11 Å². The van der Waals surface area contributed by atoms with Crippen molar-refractivity contribution < 1.29 is 19.2 Å². The van der Waals surface area contributed by atoms with Gasteiger partial charge in [-0.05, 0) is 6.92 Å². The molecule has 1 amide bonds. The molecule has 0 fully saturated rings.